The molecule has 3 unspecified atom stereocenters. The van der Waals surface area contributed by atoms with Gasteiger partial charge in [-0.15, -0.1) is 0 Å². The van der Waals surface area contributed by atoms with Crippen molar-refractivity contribution < 1.29 is 0 Å². The van der Waals surface area contributed by atoms with Gasteiger partial charge in [-0.1, -0.05) is 13.0 Å². The smallest absolute Gasteiger partial charge is 0.0454 e. The Labute approximate surface area is 132 Å². The summed E-state index contributed by atoms with van der Waals surface area (Å²) in [4.78, 5) is 5.90. The van der Waals surface area contributed by atoms with E-state index in [1.54, 1.807) is 0 Å². The zero-order valence-corrected chi connectivity index (χ0v) is 13.3. The molecule has 0 spiro atoms. The Morgan fingerprint density at radius 3 is 3.09 bits per heavy atom. The Balaban J connectivity index is 1.43. The maximum absolute atomic E-state index is 3.50. The topological polar surface area (TPSA) is 43.1 Å². The van der Waals surface area contributed by atoms with Crippen molar-refractivity contribution in [2.45, 2.75) is 32.4 Å². The van der Waals surface area contributed by atoms with Crippen LogP contribution in [0.5, 0.6) is 0 Å². The van der Waals surface area contributed by atoms with Gasteiger partial charge >= 0.3 is 0 Å². The molecule has 1 aromatic heterocycles. The van der Waals surface area contributed by atoms with Crippen LogP contribution in [0, 0.1) is 11.8 Å². The van der Waals surface area contributed by atoms with Crippen molar-refractivity contribution in [1.29, 1.82) is 0 Å². The van der Waals surface area contributed by atoms with Crippen LogP contribution in [0.4, 0.5) is 0 Å². The normalized spacial score (nSPS) is 30.1. The number of piperidine rings is 1. The minimum absolute atomic E-state index is 0.634. The summed E-state index contributed by atoms with van der Waals surface area (Å²) in [5.41, 5.74) is 9.49. The zero-order chi connectivity index (χ0) is 14.9. The average molecular weight is 298 g/mol. The van der Waals surface area contributed by atoms with Crippen LogP contribution in [0.25, 0.3) is 10.9 Å². The maximum atomic E-state index is 3.50. The van der Waals surface area contributed by atoms with E-state index in [1.165, 1.54) is 42.4 Å². The summed E-state index contributed by atoms with van der Waals surface area (Å²) in [6, 6.07) is 9.59. The first kappa shape index (κ1) is 14.2. The molecule has 0 saturated carbocycles. The average Bonchev–Trinajstić information content (AvgIpc) is 3.15. The van der Waals surface area contributed by atoms with Gasteiger partial charge in [-0.25, -0.2) is 0 Å². The lowest BCUT2D eigenvalue weighted by Crippen LogP contribution is -2.46. The van der Waals surface area contributed by atoms with E-state index in [0.29, 0.717) is 6.04 Å². The summed E-state index contributed by atoms with van der Waals surface area (Å²) in [5, 5.41) is 1.32. The quantitative estimate of drug-likeness (QED) is 0.815. The van der Waals surface area contributed by atoms with E-state index in [2.05, 4.69) is 51.9 Å². The van der Waals surface area contributed by atoms with E-state index in [4.69, 9.17) is 0 Å². The van der Waals surface area contributed by atoms with Crippen LogP contribution in [0.2, 0.25) is 0 Å². The largest absolute Gasteiger partial charge is 0.361 e. The number of benzene rings is 1. The lowest BCUT2D eigenvalue weighted by molar-refractivity contribution is 0.134. The summed E-state index contributed by atoms with van der Waals surface area (Å²) in [7, 11) is 0. The summed E-state index contributed by atoms with van der Waals surface area (Å²) in [6.07, 6.45) is 4.70. The molecule has 0 amide bonds. The molecular weight excluding hydrogens is 272 g/mol. The predicted octanol–water partition coefficient (Wildman–Crippen LogP) is 2.49. The van der Waals surface area contributed by atoms with Gasteiger partial charge in [0.2, 0.25) is 0 Å². The number of aromatic amines is 1. The molecule has 0 aliphatic carbocycles. The Kier molecular flexibility index (Phi) is 3.90. The van der Waals surface area contributed by atoms with Crippen molar-refractivity contribution in [3.8, 4) is 0 Å². The molecule has 2 aromatic rings. The molecule has 2 saturated heterocycles. The van der Waals surface area contributed by atoms with E-state index in [0.717, 1.165) is 24.9 Å². The van der Waals surface area contributed by atoms with Crippen molar-refractivity contribution >= 4 is 10.9 Å². The standard InChI is InChI=1S/C18H26N4/c1-13-10-20-21-18(13)16-3-2-8-22(12-16)11-14-4-5-17-15(9-14)6-7-19-17/h4-7,9,13,16,18-21H,2-3,8,10-12H2,1H3. The highest BCUT2D eigenvalue weighted by Crippen LogP contribution is 2.26. The van der Waals surface area contributed by atoms with Gasteiger partial charge in [0.05, 0.1) is 0 Å². The van der Waals surface area contributed by atoms with Gasteiger partial charge in [0.25, 0.3) is 0 Å². The van der Waals surface area contributed by atoms with Gasteiger partial charge in [0.1, 0.15) is 0 Å². The number of hydrogen-bond acceptors (Lipinski definition) is 3. The molecule has 0 radical (unpaired) electrons. The van der Waals surface area contributed by atoms with Crippen LogP contribution in [-0.4, -0.2) is 35.6 Å². The third-order valence-electron chi connectivity index (χ3n) is 5.38. The SMILES string of the molecule is CC1CNNC1C1CCCN(Cc2ccc3[nH]ccc3c2)C1. The molecule has 4 rings (SSSR count). The summed E-state index contributed by atoms with van der Waals surface area (Å²) in [6.45, 7) is 6.99. The van der Waals surface area contributed by atoms with Crippen LogP contribution < -0.4 is 10.9 Å². The Morgan fingerprint density at radius 2 is 2.23 bits per heavy atom. The highest BCUT2D eigenvalue weighted by atomic mass is 15.4. The van der Waals surface area contributed by atoms with Crippen LogP contribution in [0.3, 0.4) is 0 Å². The first-order valence-corrected chi connectivity index (χ1v) is 8.56. The fourth-order valence-corrected chi connectivity index (χ4v) is 4.18. The van der Waals surface area contributed by atoms with Crippen LogP contribution in [0.15, 0.2) is 30.5 Å². The first-order valence-electron chi connectivity index (χ1n) is 8.56. The Morgan fingerprint density at radius 1 is 1.27 bits per heavy atom. The summed E-state index contributed by atoms with van der Waals surface area (Å²) < 4.78 is 0. The molecule has 4 heteroatoms. The van der Waals surface area contributed by atoms with Gasteiger partial charge in [-0.2, -0.15) is 0 Å². The van der Waals surface area contributed by atoms with Crippen molar-refractivity contribution in [1.82, 2.24) is 20.7 Å². The summed E-state index contributed by atoms with van der Waals surface area (Å²) >= 11 is 0. The second kappa shape index (κ2) is 6.03. The summed E-state index contributed by atoms with van der Waals surface area (Å²) in [5.74, 6) is 1.51. The fraction of sp³-hybridized carbons (Fsp3) is 0.556. The molecule has 0 bridgehead atoms. The number of hydrogen-bond donors (Lipinski definition) is 3. The van der Waals surface area contributed by atoms with E-state index < -0.39 is 0 Å². The van der Waals surface area contributed by atoms with E-state index in [1.807, 2.05) is 6.20 Å². The van der Waals surface area contributed by atoms with Gasteiger partial charge in [0.15, 0.2) is 0 Å². The van der Waals surface area contributed by atoms with Crippen molar-refractivity contribution in [2.75, 3.05) is 19.6 Å². The predicted molar refractivity (Wildman–Crippen MR) is 90.4 cm³/mol. The first-order chi connectivity index (χ1) is 10.8. The van der Waals surface area contributed by atoms with Crippen LogP contribution >= 0.6 is 0 Å². The molecule has 2 aliphatic rings. The number of likely N-dealkylation sites (tertiary alicyclic amines) is 1. The van der Waals surface area contributed by atoms with E-state index in [9.17, 15) is 0 Å². The number of nitrogens with one attached hydrogen (secondary N) is 3. The number of H-pyrrole nitrogens is 1. The molecule has 2 fully saturated rings. The van der Waals surface area contributed by atoms with Gasteiger partial charge in [0, 0.05) is 37.4 Å². The van der Waals surface area contributed by atoms with Crippen molar-refractivity contribution in [2.24, 2.45) is 11.8 Å². The lowest BCUT2D eigenvalue weighted by Gasteiger charge is -2.36. The number of nitrogens with zero attached hydrogens (tertiary/aromatic N) is 1. The number of hydrazine groups is 1. The maximum Gasteiger partial charge on any atom is 0.0454 e. The molecule has 3 N–H and O–H groups in total. The number of rotatable bonds is 3. The van der Waals surface area contributed by atoms with Crippen molar-refractivity contribution in [3.05, 3.63) is 36.0 Å². The molecule has 2 aliphatic heterocycles. The second-order valence-corrected chi connectivity index (χ2v) is 7.07. The highest BCUT2D eigenvalue weighted by molar-refractivity contribution is 5.79. The third-order valence-corrected chi connectivity index (χ3v) is 5.38. The molecule has 118 valence electrons. The van der Waals surface area contributed by atoms with E-state index >= 15 is 0 Å². The Bertz CT molecular complexity index is 635. The molecule has 3 heterocycles. The molecule has 4 nitrogen and oxygen atoms in total. The number of aromatic nitrogens is 1. The molecule has 3 atom stereocenters. The number of fused-ring (bicyclic) bond motifs is 1. The van der Waals surface area contributed by atoms with E-state index in [-0.39, 0.29) is 0 Å². The zero-order valence-electron chi connectivity index (χ0n) is 13.3. The fourth-order valence-electron chi connectivity index (χ4n) is 4.18. The minimum Gasteiger partial charge on any atom is -0.361 e. The molecule has 22 heavy (non-hydrogen) atoms. The van der Waals surface area contributed by atoms with Gasteiger partial charge < -0.3 is 4.98 Å². The second-order valence-electron chi connectivity index (χ2n) is 7.07. The third kappa shape index (κ3) is 2.78. The van der Waals surface area contributed by atoms with Crippen molar-refractivity contribution in [3.63, 3.8) is 0 Å². The van der Waals surface area contributed by atoms with Crippen LogP contribution in [-0.2, 0) is 6.54 Å². The minimum atomic E-state index is 0.634. The lowest BCUT2D eigenvalue weighted by atomic mass is 9.85. The molecule has 1 aromatic carbocycles. The van der Waals surface area contributed by atoms with Gasteiger partial charge in [-0.3, -0.25) is 15.8 Å². The van der Waals surface area contributed by atoms with Crippen LogP contribution in [0.1, 0.15) is 25.3 Å². The van der Waals surface area contributed by atoms with Gasteiger partial charge in [-0.05, 0) is 60.4 Å². The Hall–Kier alpha value is -1.36. The monoisotopic (exact) mass is 298 g/mol. The molecular formula is C18H26N4. The highest BCUT2D eigenvalue weighted by Gasteiger charge is 2.33.